The minimum atomic E-state index is -0.504. The summed E-state index contributed by atoms with van der Waals surface area (Å²) in [5.74, 6) is 5.08. The normalized spacial score (nSPS) is 10.1. The number of rotatable bonds is 6. The molecule has 1 heterocycles. The first-order valence-electron chi connectivity index (χ1n) is 5.82. The summed E-state index contributed by atoms with van der Waals surface area (Å²) in [5.41, 5.74) is 2.65. The molecular formula is C12H13N5O3. The van der Waals surface area contributed by atoms with E-state index >= 15 is 0 Å². The van der Waals surface area contributed by atoms with E-state index in [1.807, 2.05) is 5.43 Å². The van der Waals surface area contributed by atoms with E-state index in [1.165, 1.54) is 10.9 Å². The molecule has 8 heteroatoms. The van der Waals surface area contributed by atoms with Crippen LogP contribution in [0.2, 0.25) is 0 Å². The number of carbonyl (C=O) groups is 2. The van der Waals surface area contributed by atoms with Crippen molar-refractivity contribution in [2.45, 2.75) is 6.54 Å². The maximum Gasteiger partial charge on any atom is 0.287 e. The van der Waals surface area contributed by atoms with Gasteiger partial charge >= 0.3 is 0 Å². The number of aromatic nitrogens is 3. The Bertz CT molecular complexity index is 611. The monoisotopic (exact) mass is 275 g/mol. The number of amides is 1. The molecule has 1 aromatic heterocycles. The number of ether oxygens (including phenoxy) is 1. The molecule has 0 spiro atoms. The maximum absolute atomic E-state index is 11.2. The summed E-state index contributed by atoms with van der Waals surface area (Å²) >= 11 is 0. The van der Waals surface area contributed by atoms with Crippen molar-refractivity contribution in [2.75, 3.05) is 6.61 Å². The van der Waals surface area contributed by atoms with Gasteiger partial charge in [0.15, 0.2) is 5.69 Å². The van der Waals surface area contributed by atoms with Crippen LogP contribution in [0.4, 0.5) is 0 Å². The van der Waals surface area contributed by atoms with E-state index in [-0.39, 0.29) is 5.69 Å². The number of aldehydes is 1. The van der Waals surface area contributed by atoms with Crippen molar-refractivity contribution in [3.63, 3.8) is 0 Å². The van der Waals surface area contributed by atoms with Crippen molar-refractivity contribution in [3.8, 4) is 5.75 Å². The molecule has 0 saturated carbocycles. The highest BCUT2D eigenvalue weighted by atomic mass is 16.5. The highest BCUT2D eigenvalue weighted by Gasteiger charge is 2.08. The molecule has 2 aromatic rings. The van der Waals surface area contributed by atoms with Crippen LogP contribution in [0, 0.1) is 0 Å². The fourth-order valence-electron chi connectivity index (χ4n) is 1.52. The molecule has 0 aliphatic carbocycles. The first kappa shape index (κ1) is 13.7. The van der Waals surface area contributed by atoms with Crippen molar-refractivity contribution >= 4 is 12.2 Å². The molecule has 104 valence electrons. The third-order valence-corrected chi connectivity index (χ3v) is 2.49. The van der Waals surface area contributed by atoms with Crippen LogP contribution in [0.5, 0.6) is 5.75 Å². The number of nitrogens with zero attached hydrogens (tertiary/aromatic N) is 3. The van der Waals surface area contributed by atoms with Crippen LogP contribution in [0.25, 0.3) is 0 Å². The molecule has 0 atom stereocenters. The SMILES string of the molecule is NNC(=O)c1cn(CCOc2cccc(C=O)c2)nn1. The Kier molecular flexibility index (Phi) is 4.40. The molecule has 2 rings (SSSR count). The predicted octanol–water partition coefficient (Wildman–Crippen LogP) is -0.227. The number of nitrogen functional groups attached to an aromatic ring is 1. The van der Waals surface area contributed by atoms with Crippen LogP contribution < -0.4 is 16.0 Å². The zero-order chi connectivity index (χ0) is 14.4. The van der Waals surface area contributed by atoms with Gasteiger partial charge in [0.05, 0.1) is 12.7 Å². The van der Waals surface area contributed by atoms with Crippen molar-refractivity contribution in [2.24, 2.45) is 5.84 Å². The van der Waals surface area contributed by atoms with E-state index in [1.54, 1.807) is 24.3 Å². The van der Waals surface area contributed by atoms with Gasteiger partial charge in [-0.05, 0) is 12.1 Å². The van der Waals surface area contributed by atoms with E-state index in [2.05, 4.69) is 10.3 Å². The zero-order valence-corrected chi connectivity index (χ0v) is 10.5. The second-order valence-corrected chi connectivity index (χ2v) is 3.88. The fraction of sp³-hybridized carbons (Fsp3) is 0.167. The van der Waals surface area contributed by atoms with Crippen LogP contribution >= 0.6 is 0 Å². The van der Waals surface area contributed by atoms with Crippen LogP contribution in [0.15, 0.2) is 30.5 Å². The van der Waals surface area contributed by atoms with E-state index in [0.29, 0.717) is 24.5 Å². The van der Waals surface area contributed by atoms with Gasteiger partial charge in [-0.25, -0.2) is 10.5 Å². The second kappa shape index (κ2) is 6.43. The Morgan fingerprint density at radius 1 is 1.50 bits per heavy atom. The molecule has 1 amide bonds. The quantitative estimate of drug-likeness (QED) is 0.326. The number of benzene rings is 1. The Balaban J connectivity index is 1.87. The standard InChI is InChI=1S/C12H13N5O3/c13-14-12(19)11-7-17(16-15-11)4-5-20-10-3-1-2-9(6-10)8-18/h1-3,6-8H,4-5,13H2,(H,14,19). The van der Waals surface area contributed by atoms with Crippen LogP contribution in [-0.4, -0.2) is 33.8 Å². The summed E-state index contributed by atoms with van der Waals surface area (Å²) in [6, 6.07) is 6.82. The Morgan fingerprint density at radius 2 is 2.35 bits per heavy atom. The van der Waals surface area contributed by atoms with Crippen molar-refractivity contribution in [1.29, 1.82) is 0 Å². The minimum absolute atomic E-state index is 0.135. The second-order valence-electron chi connectivity index (χ2n) is 3.88. The number of hydrogen-bond donors (Lipinski definition) is 2. The minimum Gasteiger partial charge on any atom is -0.492 e. The third-order valence-electron chi connectivity index (χ3n) is 2.49. The summed E-state index contributed by atoms with van der Waals surface area (Å²) in [7, 11) is 0. The van der Waals surface area contributed by atoms with Gasteiger partial charge in [0.1, 0.15) is 18.6 Å². The predicted molar refractivity (Wildman–Crippen MR) is 69.0 cm³/mol. The van der Waals surface area contributed by atoms with Crippen molar-refractivity contribution in [3.05, 3.63) is 41.7 Å². The lowest BCUT2D eigenvalue weighted by Crippen LogP contribution is -2.30. The summed E-state index contributed by atoms with van der Waals surface area (Å²) in [5, 5.41) is 7.42. The van der Waals surface area contributed by atoms with E-state index in [9.17, 15) is 9.59 Å². The van der Waals surface area contributed by atoms with E-state index < -0.39 is 5.91 Å². The number of nitrogens with one attached hydrogen (secondary N) is 1. The average molecular weight is 275 g/mol. The summed E-state index contributed by atoms with van der Waals surface area (Å²) < 4.78 is 6.94. The number of hydrogen-bond acceptors (Lipinski definition) is 6. The van der Waals surface area contributed by atoms with Crippen molar-refractivity contribution < 1.29 is 14.3 Å². The smallest absolute Gasteiger partial charge is 0.287 e. The molecular weight excluding hydrogens is 262 g/mol. The fourth-order valence-corrected chi connectivity index (χ4v) is 1.52. The first-order chi connectivity index (χ1) is 9.72. The lowest BCUT2D eigenvalue weighted by Gasteiger charge is -2.05. The Labute approximate surface area is 114 Å². The Hall–Kier alpha value is -2.74. The topological polar surface area (TPSA) is 112 Å². The molecule has 0 radical (unpaired) electrons. The van der Waals surface area contributed by atoms with Gasteiger partial charge in [-0.1, -0.05) is 17.3 Å². The van der Waals surface area contributed by atoms with Gasteiger partial charge in [-0.2, -0.15) is 0 Å². The molecule has 20 heavy (non-hydrogen) atoms. The molecule has 0 bridgehead atoms. The van der Waals surface area contributed by atoms with E-state index in [0.717, 1.165) is 6.29 Å². The molecule has 0 aliphatic rings. The zero-order valence-electron chi connectivity index (χ0n) is 10.5. The van der Waals surface area contributed by atoms with E-state index in [4.69, 9.17) is 10.6 Å². The summed E-state index contributed by atoms with van der Waals surface area (Å²) in [4.78, 5) is 21.8. The average Bonchev–Trinajstić information content (AvgIpc) is 2.95. The molecule has 0 aliphatic heterocycles. The number of nitrogens with two attached hydrogens (primary N) is 1. The largest absolute Gasteiger partial charge is 0.492 e. The molecule has 0 fully saturated rings. The molecule has 1 aromatic carbocycles. The number of hydrazine groups is 1. The van der Waals surface area contributed by atoms with Gasteiger partial charge in [-0.15, -0.1) is 5.10 Å². The number of carbonyl (C=O) groups excluding carboxylic acids is 2. The van der Waals surface area contributed by atoms with Gasteiger partial charge < -0.3 is 4.74 Å². The lowest BCUT2D eigenvalue weighted by atomic mass is 10.2. The first-order valence-corrected chi connectivity index (χ1v) is 5.82. The van der Waals surface area contributed by atoms with Gasteiger partial charge in [0, 0.05) is 5.56 Å². The summed E-state index contributed by atoms with van der Waals surface area (Å²) in [6.45, 7) is 0.742. The molecule has 0 unspecified atom stereocenters. The molecule has 0 saturated heterocycles. The third kappa shape index (κ3) is 3.39. The Morgan fingerprint density at radius 3 is 3.10 bits per heavy atom. The van der Waals surface area contributed by atoms with Gasteiger partial charge in [-0.3, -0.25) is 15.0 Å². The van der Waals surface area contributed by atoms with Crippen molar-refractivity contribution in [1.82, 2.24) is 20.4 Å². The highest BCUT2D eigenvalue weighted by molar-refractivity contribution is 5.91. The van der Waals surface area contributed by atoms with Gasteiger partial charge in [0.2, 0.25) is 0 Å². The highest BCUT2D eigenvalue weighted by Crippen LogP contribution is 2.11. The summed E-state index contributed by atoms with van der Waals surface area (Å²) in [6.07, 6.45) is 2.22. The molecule has 8 nitrogen and oxygen atoms in total. The lowest BCUT2D eigenvalue weighted by molar-refractivity contribution is 0.0948. The van der Waals surface area contributed by atoms with Crippen LogP contribution in [0.1, 0.15) is 20.8 Å². The molecule has 3 N–H and O–H groups in total. The maximum atomic E-state index is 11.2. The van der Waals surface area contributed by atoms with Gasteiger partial charge in [0.25, 0.3) is 5.91 Å². The van der Waals surface area contributed by atoms with Crippen LogP contribution in [0.3, 0.4) is 0 Å². The van der Waals surface area contributed by atoms with Crippen LogP contribution in [-0.2, 0) is 6.54 Å².